The number of nitrogens with one attached hydrogen (secondary N) is 1. The lowest BCUT2D eigenvalue weighted by molar-refractivity contribution is 0.628. The van der Waals surface area contributed by atoms with E-state index in [4.69, 9.17) is 0 Å². The van der Waals surface area contributed by atoms with Crippen LogP contribution in [-0.4, -0.2) is 10.2 Å². The van der Waals surface area contributed by atoms with E-state index < -0.39 is 0 Å². The van der Waals surface area contributed by atoms with E-state index in [1.165, 1.54) is 12.1 Å². The highest BCUT2D eigenvalue weighted by atomic mass is 19.1. The number of benzene rings is 2. The summed E-state index contributed by atoms with van der Waals surface area (Å²) in [7, 11) is 0. The Bertz CT molecular complexity index is 625. The van der Waals surface area contributed by atoms with Crippen LogP contribution in [0.2, 0.25) is 0 Å². The number of rotatable bonds is 2. The zero-order valence-corrected chi connectivity index (χ0v) is 9.60. The van der Waals surface area contributed by atoms with Gasteiger partial charge in [-0.2, -0.15) is 5.10 Å². The zero-order chi connectivity index (χ0) is 12.4. The first-order valence-corrected chi connectivity index (χ1v) is 5.69. The molecule has 18 heavy (non-hydrogen) atoms. The summed E-state index contributed by atoms with van der Waals surface area (Å²) >= 11 is 0. The first-order valence-electron chi connectivity index (χ1n) is 5.69. The van der Waals surface area contributed by atoms with Gasteiger partial charge in [0.1, 0.15) is 5.82 Å². The third-order valence-electron chi connectivity index (χ3n) is 2.87. The minimum Gasteiger partial charge on any atom is -0.278 e. The fraction of sp³-hybridized carbons (Fsp3) is 0. The van der Waals surface area contributed by atoms with E-state index in [0.29, 0.717) is 0 Å². The first kappa shape index (κ1) is 10.7. The smallest absolute Gasteiger partial charge is 0.123 e. The van der Waals surface area contributed by atoms with Crippen LogP contribution >= 0.6 is 0 Å². The van der Waals surface area contributed by atoms with E-state index >= 15 is 0 Å². The molecule has 0 aliphatic carbocycles. The summed E-state index contributed by atoms with van der Waals surface area (Å²) in [5, 5.41) is 6.84. The van der Waals surface area contributed by atoms with Crippen LogP contribution in [0.3, 0.4) is 0 Å². The number of nitrogens with zero attached hydrogens (tertiary/aromatic N) is 1. The Labute approximate surface area is 104 Å². The molecule has 1 N–H and O–H groups in total. The van der Waals surface area contributed by atoms with Crippen LogP contribution in [0.25, 0.3) is 22.4 Å². The Balaban J connectivity index is 1.94. The molecule has 0 bridgehead atoms. The number of H-pyrrole nitrogens is 1. The van der Waals surface area contributed by atoms with Crippen LogP contribution in [0, 0.1) is 5.82 Å². The van der Waals surface area contributed by atoms with Gasteiger partial charge in [0, 0.05) is 6.20 Å². The van der Waals surface area contributed by atoms with Crippen LogP contribution < -0.4 is 0 Å². The van der Waals surface area contributed by atoms with Crippen molar-refractivity contribution in [2.75, 3.05) is 0 Å². The molecule has 0 amide bonds. The summed E-state index contributed by atoms with van der Waals surface area (Å²) < 4.78 is 12.8. The van der Waals surface area contributed by atoms with Crippen molar-refractivity contribution in [3.63, 3.8) is 0 Å². The average molecular weight is 238 g/mol. The van der Waals surface area contributed by atoms with Gasteiger partial charge in [0.05, 0.1) is 5.69 Å². The van der Waals surface area contributed by atoms with Crippen LogP contribution in [0.1, 0.15) is 0 Å². The molecule has 1 heterocycles. The number of halogens is 1. The average Bonchev–Trinajstić information content (AvgIpc) is 2.94. The van der Waals surface area contributed by atoms with Gasteiger partial charge >= 0.3 is 0 Å². The maximum atomic E-state index is 12.8. The SMILES string of the molecule is Fc1ccc(-c2ccc(-c3ccn[nH]3)cc2)cc1. The van der Waals surface area contributed by atoms with Crippen LogP contribution in [0.5, 0.6) is 0 Å². The second-order valence-corrected chi connectivity index (χ2v) is 4.05. The molecule has 0 aliphatic heterocycles. The van der Waals surface area contributed by atoms with Crippen molar-refractivity contribution in [2.24, 2.45) is 0 Å². The lowest BCUT2D eigenvalue weighted by Gasteiger charge is -2.03. The van der Waals surface area contributed by atoms with Crippen molar-refractivity contribution in [1.82, 2.24) is 10.2 Å². The number of hydrogen-bond donors (Lipinski definition) is 1. The summed E-state index contributed by atoms with van der Waals surface area (Å²) in [4.78, 5) is 0. The third kappa shape index (κ3) is 2.02. The van der Waals surface area contributed by atoms with E-state index in [1.54, 1.807) is 18.3 Å². The summed E-state index contributed by atoms with van der Waals surface area (Å²) in [5.74, 6) is -0.215. The second-order valence-electron chi connectivity index (χ2n) is 4.05. The van der Waals surface area contributed by atoms with Crippen molar-refractivity contribution in [3.05, 3.63) is 66.6 Å². The molecule has 0 fully saturated rings. The standard InChI is InChI=1S/C15H11FN2/c16-14-7-5-12(6-8-14)11-1-3-13(4-2-11)15-9-10-17-18-15/h1-10H,(H,17,18). The van der Waals surface area contributed by atoms with Gasteiger partial charge < -0.3 is 0 Å². The molecule has 3 aromatic rings. The van der Waals surface area contributed by atoms with Crippen molar-refractivity contribution >= 4 is 0 Å². The third-order valence-corrected chi connectivity index (χ3v) is 2.87. The Morgan fingerprint density at radius 3 is 1.83 bits per heavy atom. The van der Waals surface area contributed by atoms with Gasteiger partial charge in [-0.25, -0.2) is 4.39 Å². The Morgan fingerprint density at radius 2 is 1.28 bits per heavy atom. The predicted molar refractivity (Wildman–Crippen MR) is 69.4 cm³/mol. The zero-order valence-electron chi connectivity index (χ0n) is 9.60. The Morgan fingerprint density at radius 1 is 0.722 bits per heavy atom. The van der Waals surface area contributed by atoms with Crippen LogP contribution in [0.15, 0.2) is 60.8 Å². The molecule has 0 radical (unpaired) electrons. The summed E-state index contributed by atoms with van der Waals surface area (Å²) in [6.07, 6.45) is 1.73. The number of aromatic amines is 1. The lowest BCUT2D eigenvalue weighted by Crippen LogP contribution is -1.81. The summed E-state index contributed by atoms with van der Waals surface area (Å²) in [6, 6.07) is 16.5. The van der Waals surface area contributed by atoms with Gasteiger partial charge in [-0.05, 0) is 34.9 Å². The van der Waals surface area contributed by atoms with Gasteiger partial charge in [0.25, 0.3) is 0 Å². The van der Waals surface area contributed by atoms with Crippen LogP contribution in [0.4, 0.5) is 4.39 Å². The lowest BCUT2D eigenvalue weighted by atomic mass is 10.0. The molecule has 0 spiro atoms. The van der Waals surface area contributed by atoms with E-state index in [1.807, 2.05) is 30.3 Å². The van der Waals surface area contributed by atoms with E-state index in [2.05, 4.69) is 10.2 Å². The van der Waals surface area contributed by atoms with Gasteiger partial charge in [0.2, 0.25) is 0 Å². The van der Waals surface area contributed by atoms with E-state index in [0.717, 1.165) is 22.4 Å². The molecular weight excluding hydrogens is 227 g/mol. The van der Waals surface area contributed by atoms with Crippen molar-refractivity contribution in [2.45, 2.75) is 0 Å². The van der Waals surface area contributed by atoms with Gasteiger partial charge in [-0.3, -0.25) is 5.10 Å². The molecule has 0 saturated carbocycles. The fourth-order valence-corrected chi connectivity index (χ4v) is 1.90. The molecule has 0 aliphatic rings. The molecule has 1 aromatic heterocycles. The predicted octanol–water partition coefficient (Wildman–Crippen LogP) is 3.88. The van der Waals surface area contributed by atoms with Gasteiger partial charge in [-0.15, -0.1) is 0 Å². The second kappa shape index (κ2) is 4.45. The van der Waals surface area contributed by atoms with E-state index in [-0.39, 0.29) is 5.82 Å². The largest absolute Gasteiger partial charge is 0.278 e. The molecule has 88 valence electrons. The van der Waals surface area contributed by atoms with Crippen molar-refractivity contribution < 1.29 is 4.39 Å². The maximum Gasteiger partial charge on any atom is 0.123 e. The minimum atomic E-state index is -0.215. The highest BCUT2D eigenvalue weighted by Crippen LogP contribution is 2.23. The van der Waals surface area contributed by atoms with Gasteiger partial charge in [0.15, 0.2) is 0 Å². The molecule has 3 rings (SSSR count). The molecule has 3 heteroatoms. The molecular formula is C15H11FN2. The number of aromatic nitrogens is 2. The Kier molecular flexibility index (Phi) is 2.65. The van der Waals surface area contributed by atoms with Gasteiger partial charge in [-0.1, -0.05) is 36.4 Å². The van der Waals surface area contributed by atoms with E-state index in [9.17, 15) is 4.39 Å². The summed E-state index contributed by atoms with van der Waals surface area (Å²) in [6.45, 7) is 0. The fourth-order valence-electron chi connectivity index (χ4n) is 1.90. The molecule has 2 nitrogen and oxygen atoms in total. The van der Waals surface area contributed by atoms with Crippen molar-refractivity contribution in [1.29, 1.82) is 0 Å². The van der Waals surface area contributed by atoms with Crippen LogP contribution in [-0.2, 0) is 0 Å². The molecule has 0 atom stereocenters. The molecule has 0 saturated heterocycles. The Hall–Kier alpha value is -2.42. The molecule has 2 aromatic carbocycles. The topological polar surface area (TPSA) is 28.7 Å². The van der Waals surface area contributed by atoms with Crippen molar-refractivity contribution in [3.8, 4) is 22.4 Å². The maximum absolute atomic E-state index is 12.8. The highest BCUT2D eigenvalue weighted by molar-refractivity contribution is 5.68. The highest BCUT2D eigenvalue weighted by Gasteiger charge is 2.01. The summed E-state index contributed by atoms with van der Waals surface area (Å²) in [5.41, 5.74) is 4.14. The number of hydrogen-bond acceptors (Lipinski definition) is 1. The monoisotopic (exact) mass is 238 g/mol. The first-order chi connectivity index (χ1) is 8.83. The minimum absolute atomic E-state index is 0.215. The molecule has 0 unspecified atom stereocenters. The normalized spacial score (nSPS) is 10.5. The quantitative estimate of drug-likeness (QED) is 0.721.